The number of aryl methyl sites for hydroxylation is 1. The Hall–Kier alpha value is -2.42. The number of rotatable bonds is 2. The van der Waals surface area contributed by atoms with E-state index in [-0.39, 0.29) is 5.41 Å². The van der Waals surface area contributed by atoms with Crippen molar-refractivity contribution < 1.29 is 4.74 Å². The van der Waals surface area contributed by atoms with Gasteiger partial charge in [-0.05, 0) is 45.2 Å². The molecule has 0 radical (unpaired) electrons. The van der Waals surface area contributed by atoms with Gasteiger partial charge in [-0.15, -0.1) is 21.5 Å². The first kappa shape index (κ1) is 18.0. The molecule has 3 aromatic rings. The Morgan fingerprint density at radius 3 is 2.67 bits per heavy atom. The third-order valence-electron chi connectivity index (χ3n) is 4.44. The lowest BCUT2D eigenvalue weighted by Gasteiger charge is -2.08. The largest absolute Gasteiger partial charge is 0.369 e. The smallest absolute Gasteiger partial charge is 0.164 e. The summed E-state index contributed by atoms with van der Waals surface area (Å²) in [4.78, 5) is 1.11. The van der Waals surface area contributed by atoms with E-state index in [0.717, 1.165) is 27.9 Å². The zero-order valence-corrected chi connectivity index (χ0v) is 17.0. The second kappa shape index (κ2) is 6.95. The normalized spacial score (nSPS) is 13.3. The minimum atomic E-state index is -0.0421. The first-order valence-electron chi connectivity index (χ1n) is 9.13. The number of fused-ring (bicyclic) bond motifs is 3. The number of thiophene rings is 1. The van der Waals surface area contributed by atoms with Gasteiger partial charge in [0.15, 0.2) is 5.82 Å². The molecule has 0 saturated carbocycles. The topological polar surface area (TPSA) is 39.9 Å². The van der Waals surface area contributed by atoms with E-state index < -0.39 is 0 Å². The minimum absolute atomic E-state index is 0.0421. The van der Waals surface area contributed by atoms with Crippen molar-refractivity contribution in [2.75, 3.05) is 0 Å². The van der Waals surface area contributed by atoms with Crippen LogP contribution in [-0.2, 0) is 24.4 Å². The molecule has 0 bridgehead atoms. The summed E-state index contributed by atoms with van der Waals surface area (Å²) < 4.78 is 8.06. The number of ether oxygens (including phenoxy) is 1. The maximum absolute atomic E-state index is 5.93. The van der Waals surface area contributed by atoms with E-state index in [1.807, 2.05) is 13.0 Å². The monoisotopic (exact) mass is 377 g/mol. The predicted octanol–water partition coefficient (Wildman–Crippen LogP) is 4.66. The van der Waals surface area contributed by atoms with E-state index in [2.05, 4.69) is 71.6 Å². The second-order valence-corrected chi connectivity index (χ2v) is 8.85. The maximum atomic E-state index is 5.93. The Bertz CT molecular complexity index is 1030. The van der Waals surface area contributed by atoms with Gasteiger partial charge in [0.1, 0.15) is 17.4 Å². The van der Waals surface area contributed by atoms with Crippen LogP contribution in [0.2, 0.25) is 0 Å². The number of hydrogen-bond donors (Lipinski definition) is 0. The Balaban J connectivity index is 1.89. The molecule has 5 heteroatoms. The van der Waals surface area contributed by atoms with Crippen molar-refractivity contribution in [3.63, 3.8) is 0 Å². The third-order valence-corrected chi connectivity index (χ3v) is 5.62. The molecule has 0 unspecified atom stereocenters. The van der Waals surface area contributed by atoms with Gasteiger partial charge in [-0.3, -0.25) is 4.57 Å². The Kier molecular flexibility index (Phi) is 4.63. The highest BCUT2D eigenvalue weighted by Gasteiger charge is 2.25. The third kappa shape index (κ3) is 3.69. The van der Waals surface area contributed by atoms with Crippen LogP contribution < -0.4 is 0 Å². The summed E-state index contributed by atoms with van der Waals surface area (Å²) in [5.41, 5.74) is 3.71. The molecular weight excluding hydrogens is 354 g/mol. The second-order valence-electron chi connectivity index (χ2n) is 7.85. The summed E-state index contributed by atoms with van der Waals surface area (Å²) in [6.45, 7) is 9.47. The fourth-order valence-electron chi connectivity index (χ4n) is 3.16. The fourth-order valence-corrected chi connectivity index (χ4v) is 4.40. The molecule has 0 fully saturated rings. The van der Waals surface area contributed by atoms with E-state index in [1.165, 1.54) is 16.7 Å². The molecular formula is C22H23N3OS. The van der Waals surface area contributed by atoms with Gasteiger partial charge in [0.2, 0.25) is 0 Å². The lowest BCUT2D eigenvalue weighted by molar-refractivity contribution is 0.104. The van der Waals surface area contributed by atoms with Crippen molar-refractivity contribution in [2.24, 2.45) is 5.41 Å². The summed E-state index contributed by atoms with van der Waals surface area (Å²) in [5, 5.41) is 9.68. The molecule has 2 aromatic heterocycles. The Morgan fingerprint density at radius 1 is 1.15 bits per heavy atom. The molecule has 0 spiro atoms. The summed E-state index contributed by atoms with van der Waals surface area (Å²) >= 11 is 1.73. The van der Waals surface area contributed by atoms with Crippen LogP contribution in [-0.4, -0.2) is 14.8 Å². The Labute approximate surface area is 164 Å². The van der Waals surface area contributed by atoms with Crippen LogP contribution in [0.25, 0.3) is 5.00 Å². The fraction of sp³-hybridized carbons (Fsp3) is 0.364. The first-order valence-corrected chi connectivity index (χ1v) is 9.95. The van der Waals surface area contributed by atoms with Crippen molar-refractivity contribution in [3.05, 3.63) is 63.5 Å². The summed E-state index contributed by atoms with van der Waals surface area (Å²) in [6, 6.07) is 10.5. The molecule has 4 rings (SSSR count). The highest BCUT2D eigenvalue weighted by molar-refractivity contribution is 7.15. The SMILES string of the molecule is Cc1nnc2n1-c1sc(C#CC(C)(C)C)c(Cc3ccccc3)c1COC2. The van der Waals surface area contributed by atoms with Crippen molar-refractivity contribution in [1.82, 2.24) is 14.8 Å². The van der Waals surface area contributed by atoms with E-state index in [0.29, 0.717) is 13.2 Å². The standard InChI is InChI=1S/C22H23N3OS/c1-15-23-24-20-14-26-13-18-17(12-16-8-6-5-7-9-16)19(10-11-22(2,3)4)27-21(18)25(15)20/h5-9H,12-14H2,1-4H3. The highest BCUT2D eigenvalue weighted by Crippen LogP contribution is 2.37. The molecule has 0 amide bonds. The van der Waals surface area contributed by atoms with Gasteiger partial charge in [0.25, 0.3) is 0 Å². The lowest BCUT2D eigenvalue weighted by atomic mass is 9.97. The zero-order chi connectivity index (χ0) is 19.0. The number of nitrogens with zero attached hydrogens (tertiary/aromatic N) is 3. The van der Waals surface area contributed by atoms with Gasteiger partial charge in [0.05, 0.1) is 11.5 Å². The molecule has 0 N–H and O–H groups in total. The lowest BCUT2D eigenvalue weighted by Crippen LogP contribution is -2.01. The number of hydrogen-bond acceptors (Lipinski definition) is 4. The van der Waals surface area contributed by atoms with Gasteiger partial charge in [-0.1, -0.05) is 42.2 Å². The van der Waals surface area contributed by atoms with Gasteiger partial charge in [-0.2, -0.15) is 0 Å². The maximum Gasteiger partial charge on any atom is 0.164 e. The molecule has 0 aliphatic carbocycles. The molecule has 1 aliphatic heterocycles. The van der Waals surface area contributed by atoms with E-state index in [9.17, 15) is 0 Å². The Morgan fingerprint density at radius 2 is 1.93 bits per heavy atom. The minimum Gasteiger partial charge on any atom is -0.369 e. The summed E-state index contributed by atoms with van der Waals surface area (Å²) in [5.74, 6) is 8.60. The molecule has 27 heavy (non-hydrogen) atoms. The van der Waals surface area contributed by atoms with Gasteiger partial charge in [-0.25, -0.2) is 0 Å². The number of benzene rings is 1. The molecule has 138 valence electrons. The van der Waals surface area contributed by atoms with E-state index in [4.69, 9.17) is 4.74 Å². The van der Waals surface area contributed by atoms with Crippen LogP contribution in [0.3, 0.4) is 0 Å². The van der Waals surface area contributed by atoms with Crippen LogP contribution in [0.5, 0.6) is 0 Å². The quantitative estimate of drug-likeness (QED) is 0.610. The van der Waals surface area contributed by atoms with Crippen LogP contribution in [0.15, 0.2) is 30.3 Å². The molecule has 3 heterocycles. The number of aromatic nitrogens is 3. The first-order chi connectivity index (χ1) is 12.9. The average molecular weight is 378 g/mol. The van der Waals surface area contributed by atoms with Crippen LogP contribution >= 0.6 is 11.3 Å². The summed E-state index contributed by atoms with van der Waals surface area (Å²) in [7, 11) is 0. The van der Waals surface area contributed by atoms with Gasteiger partial charge < -0.3 is 4.74 Å². The van der Waals surface area contributed by atoms with Crippen molar-refractivity contribution in [2.45, 2.75) is 47.3 Å². The van der Waals surface area contributed by atoms with Gasteiger partial charge in [0, 0.05) is 11.0 Å². The average Bonchev–Trinajstić information content (AvgIpc) is 3.08. The van der Waals surface area contributed by atoms with Gasteiger partial charge >= 0.3 is 0 Å². The van der Waals surface area contributed by atoms with Crippen LogP contribution in [0, 0.1) is 24.2 Å². The molecule has 0 saturated heterocycles. The molecule has 1 aromatic carbocycles. The molecule has 0 atom stereocenters. The van der Waals surface area contributed by atoms with Crippen molar-refractivity contribution in [3.8, 4) is 16.8 Å². The zero-order valence-electron chi connectivity index (χ0n) is 16.2. The van der Waals surface area contributed by atoms with E-state index >= 15 is 0 Å². The molecule has 4 nitrogen and oxygen atoms in total. The highest BCUT2D eigenvalue weighted by atomic mass is 32.1. The van der Waals surface area contributed by atoms with E-state index in [1.54, 1.807) is 11.3 Å². The predicted molar refractivity (Wildman–Crippen MR) is 108 cm³/mol. The summed E-state index contributed by atoms with van der Waals surface area (Å²) in [6.07, 6.45) is 0.848. The van der Waals surface area contributed by atoms with Crippen molar-refractivity contribution >= 4 is 11.3 Å². The van der Waals surface area contributed by atoms with Crippen LogP contribution in [0.1, 0.15) is 54.0 Å². The van der Waals surface area contributed by atoms with Crippen molar-refractivity contribution in [1.29, 1.82) is 0 Å². The molecule has 1 aliphatic rings. The van der Waals surface area contributed by atoms with Crippen LogP contribution in [0.4, 0.5) is 0 Å².